The number of carbonyl (C=O) groups is 3. The maximum absolute atomic E-state index is 13.1. The fourth-order valence-electron chi connectivity index (χ4n) is 3.30. The number of amides is 3. The molecule has 5 nitrogen and oxygen atoms in total. The molecular weight excluding hydrogens is 306 g/mol. The number of carbonyl (C=O) groups excluding carboxylic acids is 3. The summed E-state index contributed by atoms with van der Waals surface area (Å²) in [5, 5.41) is 2.37. The van der Waals surface area contributed by atoms with E-state index in [0.717, 1.165) is 29.9 Å². The minimum absolute atomic E-state index is 0.0745. The first kappa shape index (κ1) is 15.6. The molecule has 2 unspecified atom stereocenters. The summed E-state index contributed by atoms with van der Waals surface area (Å²) in [5.74, 6) is -3.95. The van der Waals surface area contributed by atoms with Gasteiger partial charge in [-0.3, -0.25) is 19.3 Å². The van der Waals surface area contributed by atoms with Gasteiger partial charge in [-0.2, -0.15) is 0 Å². The Morgan fingerprint density at radius 3 is 2.26 bits per heavy atom. The van der Waals surface area contributed by atoms with Crippen molar-refractivity contribution in [1.29, 1.82) is 0 Å². The number of imide groups is 1. The Hall–Kier alpha value is -2.31. The standard InChI is InChI=1S/C16H16F2N2O3/c17-12-6-5-9(7-13(12)18)19-14(21)8-20-15(22)10-3-1-2-4-11(10)16(20)23/h5-7,10-11H,1-4,8H2,(H,19,21). The van der Waals surface area contributed by atoms with Gasteiger partial charge in [0.2, 0.25) is 17.7 Å². The molecule has 0 radical (unpaired) electrons. The van der Waals surface area contributed by atoms with Crippen LogP contribution in [-0.4, -0.2) is 29.2 Å². The molecule has 2 atom stereocenters. The van der Waals surface area contributed by atoms with E-state index in [1.165, 1.54) is 6.07 Å². The van der Waals surface area contributed by atoms with Crippen LogP contribution in [0.1, 0.15) is 25.7 Å². The van der Waals surface area contributed by atoms with E-state index < -0.39 is 24.1 Å². The molecule has 1 aliphatic carbocycles. The van der Waals surface area contributed by atoms with Crippen LogP contribution in [0.4, 0.5) is 14.5 Å². The Kier molecular flexibility index (Phi) is 4.11. The van der Waals surface area contributed by atoms with Crippen molar-refractivity contribution in [1.82, 2.24) is 4.90 Å². The Bertz CT molecular complexity index is 653. The van der Waals surface area contributed by atoms with E-state index in [2.05, 4.69) is 5.32 Å². The van der Waals surface area contributed by atoms with Gasteiger partial charge in [0.05, 0.1) is 11.8 Å². The molecule has 1 aromatic carbocycles. The lowest BCUT2D eigenvalue weighted by Crippen LogP contribution is -2.38. The molecule has 23 heavy (non-hydrogen) atoms. The van der Waals surface area contributed by atoms with E-state index in [0.29, 0.717) is 12.8 Å². The number of fused-ring (bicyclic) bond motifs is 1. The lowest BCUT2D eigenvalue weighted by Gasteiger charge is -2.19. The van der Waals surface area contributed by atoms with Gasteiger partial charge in [0.1, 0.15) is 6.54 Å². The fourth-order valence-corrected chi connectivity index (χ4v) is 3.30. The van der Waals surface area contributed by atoms with Crippen LogP contribution in [0, 0.1) is 23.5 Å². The number of nitrogens with one attached hydrogen (secondary N) is 1. The number of nitrogens with zero attached hydrogens (tertiary/aromatic N) is 1. The number of rotatable bonds is 3. The number of anilines is 1. The average Bonchev–Trinajstić information content (AvgIpc) is 2.76. The van der Waals surface area contributed by atoms with E-state index in [1.807, 2.05) is 0 Å². The van der Waals surface area contributed by atoms with Crippen molar-refractivity contribution in [3.63, 3.8) is 0 Å². The summed E-state index contributed by atoms with van der Waals surface area (Å²) in [4.78, 5) is 37.5. The Morgan fingerprint density at radius 1 is 1.09 bits per heavy atom. The van der Waals surface area contributed by atoms with Crippen LogP contribution in [0.25, 0.3) is 0 Å². The number of benzene rings is 1. The summed E-state index contributed by atoms with van der Waals surface area (Å²) in [7, 11) is 0. The monoisotopic (exact) mass is 322 g/mol. The van der Waals surface area contributed by atoms with Crippen LogP contribution in [0.5, 0.6) is 0 Å². The fraction of sp³-hybridized carbons (Fsp3) is 0.438. The number of likely N-dealkylation sites (tertiary alicyclic amines) is 1. The van der Waals surface area contributed by atoms with Crippen molar-refractivity contribution in [2.75, 3.05) is 11.9 Å². The van der Waals surface area contributed by atoms with Gasteiger partial charge in [-0.1, -0.05) is 12.8 Å². The highest BCUT2D eigenvalue weighted by molar-refractivity contribution is 6.08. The van der Waals surface area contributed by atoms with E-state index in [1.54, 1.807) is 0 Å². The lowest BCUT2D eigenvalue weighted by atomic mass is 9.81. The summed E-state index contributed by atoms with van der Waals surface area (Å²) >= 11 is 0. The molecule has 2 fully saturated rings. The molecule has 1 heterocycles. The third-order valence-corrected chi connectivity index (χ3v) is 4.44. The van der Waals surface area contributed by atoms with E-state index in [4.69, 9.17) is 0 Å². The summed E-state index contributed by atoms with van der Waals surface area (Å²) < 4.78 is 26.0. The maximum atomic E-state index is 13.1. The molecule has 7 heteroatoms. The second-order valence-corrected chi connectivity index (χ2v) is 5.94. The van der Waals surface area contributed by atoms with E-state index in [9.17, 15) is 23.2 Å². The van der Waals surface area contributed by atoms with Crippen LogP contribution in [0.15, 0.2) is 18.2 Å². The smallest absolute Gasteiger partial charge is 0.244 e. The third kappa shape index (κ3) is 2.95. The summed E-state index contributed by atoms with van der Waals surface area (Å²) in [6, 6.07) is 2.95. The SMILES string of the molecule is O=C(CN1C(=O)C2CCCCC2C1=O)Nc1ccc(F)c(F)c1. The van der Waals surface area contributed by atoms with Gasteiger partial charge < -0.3 is 5.32 Å². The topological polar surface area (TPSA) is 66.5 Å². The molecule has 1 N–H and O–H groups in total. The predicted octanol–water partition coefficient (Wildman–Crippen LogP) is 2.08. The van der Waals surface area contributed by atoms with Crippen LogP contribution in [0.3, 0.4) is 0 Å². The molecule has 0 bridgehead atoms. The quantitative estimate of drug-likeness (QED) is 0.867. The minimum atomic E-state index is -1.08. The molecule has 0 spiro atoms. The van der Waals surface area contributed by atoms with Crippen molar-refractivity contribution in [2.24, 2.45) is 11.8 Å². The first-order chi connectivity index (χ1) is 11.0. The Morgan fingerprint density at radius 2 is 1.70 bits per heavy atom. The second-order valence-electron chi connectivity index (χ2n) is 5.94. The highest BCUT2D eigenvalue weighted by atomic mass is 19.2. The largest absolute Gasteiger partial charge is 0.324 e. The first-order valence-electron chi connectivity index (χ1n) is 7.57. The predicted molar refractivity (Wildman–Crippen MR) is 77.2 cm³/mol. The van der Waals surface area contributed by atoms with Gasteiger partial charge in [0, 0.05) is 11.8 Å². The van der Waals surface area contributed by atoms with Gasteiger partial charge in [-0.25, -0.2) is 8.78 Å². The van der Waals surface area contributed by atoms with E-state index >= 15 is 0 Å². The zero-order chi connectivity index (χ0) is 16.6. The second kappa shape index (κ2) is 6.06. The minimum Gasteiger partial charge on any atom is -0.324 e. The zero-order valence-electron chi connectivity index (χ0n) is 12.4. The lowest BCUT2D eigenvalue weighted by molar-refractivity contribution is -0.142. The van der Waals surface area contributed by atoms with Gasteiger partial charge >= 0.3 is 0 Å². The molecule has 0 aromatic heterocycles. The number of hydrogen-bond donors (Lipinski definition) is 1. The summed E-state index contributed by atoms with van der Waals surface area (Å²) in [6.07, 6.45) is 3.18. The summed E-state index contributed by atoms with van der Waals surface area (Å²) in [6.45, 7) is -0.399. The molecule has 1 aromatic rings. The van der Waals surface area contributed by atoms with Crippen molar-refractivity contribution in [3.05, 3.63) is 29.8 Å². The molecule has 1 aliphatic heterocycles. The molecular formula is C16H16F2N2O3. The zero-order valence-corrected chi connectivity index (χ0v) is 12.4. The highest BCUT2D eigenvalue weighted by Gasteiger charge is 2.48. The van der Waals surface area contributed by atoms with Crippen LogP contribution < -0.4 is 5.32 Å². The molecule has 122 valence electrons. The summed E-state index contributed by atoms with van der Waals surface area (Å²) in [5.41, 5.74) is 0.0745. The average molecular weight is 322 g/mol. The highest BCUT2D eigenvalue weighted by Crippen LogP contribution is 2.37. The van der Waals surface area contributed by atoms with Crippen molar-refractivity contribution in [2.45, 2.75) is 25.7 Å². The van der Waals surface area contributed by atoms with E-state index in [-0.39, 0.29) is 29.3 Å². The maximum Gasteiger partial charge on any atom is 0.244 e. The number of halogens is 2. The van der Waals surface area contributed by atoms with Gasteiger partial charge in [0.15, 0.2) is 11.6 Å². The molecule has 2 aliphatic rings. The first-order valence-corrected chi connectivity index (χ1v) is 7.57. The van der Waals surface area contributed by atoms with Gasteiger partial charge in [-0.15, -0.1) is 0 Å². The van der Waals surface area contributed by atoms with Crippen LogP contribution >= 0.6 is 0 Å². The number of hydrogen-bond acceptors (Lipinski definition) is 3. The Balaban J connectivity index is 1.66. The van der Waals surface area contributed by atoms with Gasteiger partial charge in [-0.05, 0) is 25.0 Å². The van der Waals surface area contributed by atoms with Crippen molar-refractivity contribution >= 4 is 23.4 Å². The van der Waals surface area contributed by atoms with Gasteiger partial charge in [0.25, 0.3) is 0 Å². The molecule has 3 amide bonds. The van der Waals surface area contributed by atoms with Crippen LogP contribution in [-0.2, 0) is 14.4 Å². The van der Waals surface area contributed by atoms with Crippen molar-refractivity contribution < 1.29 is 23.2 Å². The Labute approximate surface area is 131 Å². The van der Waals surface area contributed by atoms with Crippen molar-refractivity contribution in [3.8, 4) is 0 Å². The molecule has 1 saturated carbocycles. The normalized spacial score (nSPS) is 23.8. The molecule has 3 rings (SSSR count). The van der Waals surface area contributed by atoms with Crippen LogP contribution in [0.2, 0.25) is 0 Å². The third-order valence-electron chi connectivity index (χ3n) is 4.44. The molecule has 1 saturated heterocycles.